The molecule has 3 rings (SSSR count). The normalized spacial score (nSPS) is 29.0. The molecule has 0 aromatic carbocycles. The lowest BCUT2D eigenvalue weighted by Gasteiger charge is -2.16. The standard InChI is InChI=1S/C10H14N5O6P/c11-10-13-7-4(8(18)14-10)12-2-15(7)9-6(17)5(16)3(21-9)1-20-22-19/h2-3,5-6,9,16-17,19,22H,1H2,(H3,11,13,14,18). The van der Waals surface area contributed by atoms with E-state index in [1.54, 1.807) is 0 Å². The Morgan fingerprint density at radius 1 is 1.50 bits per heavy atom. The van der Waals surface area contributed by atoms with E-state index in [0.717, 1.165) is 0 Å². The highest BCUT2D eigenvalue weighted by Crippen LogP contribution is 2.31. The maximum atomic E-state index is 11.7. The van der Waals surface area contributed by atoms with Crippen molar-refractivity contribution in [1.82, 2.24) is 19.5 Å². The molecule has 3 heterocycles. The zero-order valence-corrected chi connectivity index (χ0v) is 12.1. The number of nitrogens with one attached hydrogen (secondary N) is 1. The molecule has 0 bridgehead atoms. The van der Waals surface area contributed by atoms with Crippen molar-refractivity contribution in [2.24, 2.45) is 0 Å². The van der Waals surface area contributed by atoms with Crippen molar-refractivity contribution in [3.05, 3.63) is 16.7 Å². The molecule has 0 amide bonds. The quantitative estimate of drug-likeness (QED) is 0.392. The van der Waals surface area contributed by atoms with Crippen LogP contribution < -0.4 is 11.3 Å². The summed E-state index contributed by atoms with van der Waals surface area (Å²) in [5.41, 5.74) is 5.15. The van der Waals surface area contributed by atoms with Crippen LogP contribution >= 0.6 is 9.03 Å². The Morgan fingerprint density at radius 3 is 3.00 bits per heavy atom. The van der Waals surface area contributed by atoms with Gasteiger partial charge >= 0.3 is 0 Å². The van der Waals surface area contributed by atoms with Gasteiger partial charge in [0.05, 0.1) is 12.9 Å². The van der Waals surface area contributed by atoms with Gasteiger partial charge in [0, 0.05) is 0 Å². The Bertz CT molecular complexity index is 734. The molecule has 6 N–H and O–H groups in total. The minimum Gasteiger partial charge on any atom is -0.387 e. The molecule has 1 saturated heterocycles. The van der Waals surface area contributed by atoms with Crippen LogP contribution in [0.1, 0.15) is 6.23 Å². The SMILES string of the molecule is Nc1nc2c(ncn2C2OC(COPO)C(O)C2O)c(=O)[nH]1. The molecule has 1 aliphatic heterocycles. The van der Waals surface area contributed by atoms with E-state index in [2.05, 4.69) is 15.0 Å². The second-order valence-corrected chi connectivity index (χ2v) is 5.20. The van der Waals surface area contributed by atoms with E-state index in [9.17, 15) is 15.0 Å². The van der Waals surface area contributed by atoms with Crippen LogP contribution in [0.5, 0.6) is 0 Å². The molecule has 1 aliphatic rings. The number of aliphatic hydroxyl groups is 2. The number of aromatic nitrogens is 4. The predicted molar refractivity (Wildman–Crippen MR) is 75.0 cm³/mol. The van der Waals surface area contributed by atoms with Crippen molar-refractivity contribution in [3.8, 4) is 0 Å². The van der Waals surface area contributed by atoms with E-state index in [1.165, 1.54) is 10.9 Å². The van der Waals surface area contributed by atoms with Crippen molar-refractivity contribution >= 4 is 26.1 Å². The molecular formula is C10H14N5O6P. The largest absolute Gasteiger partial charge is 0.387 e. The molecule has 1 fully saturated rings. The van der Waals surface area contributed by atoms with E-state index in [-0.39, 0.29) is 23.7 Å². The summed E-state index contributed by atoms with van der Waals surface area (Å²) in [4.78, 5) is 30.6. The summed E-state index contributed by atoms with van der Waals surface area (Å²) >= 11 is 0. The first-order valence-electron chi connectivity index (χ1n) is 6.27. The highest BCUT2D eigenvalue weighted by atomic mass is 31.1. The molecular weight excluding hydrogens is 317 g/mol. The zero-order chi connectivity index (χ0) is 15.9. The molecule has 2 aromatic rings. The molecule has 0 aliphatic carbocycles. The molecule has 5 unspecified atom stereocenters. The van der Waals surface area contributed by atoms with Gasteiger partial charge < -0.3 is 30.1 Å². The lowest BCUT2D eigenvalue weighted by Crippen LogP contribution is -2.33. The Balaban J connectivity index is 1.96. The van der Waals surface area contributed by atoms with Gasteiger partial charge in [-0.1, -0.05) is 0 Å². The summed E-state index contributed by atoms with van der Waals surface area (Å²) in [6.45, 7) is -0.0908. The number of nitrogens with zero attached hydrogens (tertiary/aromatic N) is 3. The summed E-state index contributed by atoms with van der Waals surface area (Å²) in [5, 5.41) is 20.1. The molecule has 120 valence electrons. The zero-order valence-electron chi connectivity index (χ0n) is 11.1. The molecule has 0 spiro atoms. The summed E-state index contributed by atoms with van der Waals surface area (Å²) in [5.74, 6) is -0.103. The minimum absolute atomic E-state index is 0.0380. The third-order valence-corrected chi connectivity index (χ3v) is 3.67. The van der Waals surface area contributed by atoms with Crippen LogP contribution in [0.3, 0.4) is 0 Å². The maximum Gasteiger partial charge on any atom is 0.280 e. The van der Waals surface area contributed by atoms with Crippen LogP contribution in [-0.4, -0.2) is 59.5 Å². The van der Waals surface area contributed by atoms with E-state index in [4.69, 9.17) is 19.9 Å². The number of H-pyrrole nitrogens is 1. The van der Waals surface area contributed by atoms with Crippen LogP contribution in [0.4, 0.5) is 5.95 Å². The van der Waals surface area contributed by atoms with Gasteiger partial charge in [-0.25, -0.2) is 4.98 Å². The maximum absolute atomic E-state index is 11.7. The molecule has 2 aromatic heterocycles. The third kappa shape index (κ3) is 2.47. The Morgan fingerprint density at radius 2 is 2.27 bits per heavy atom. The average molecular weight is 331 g/mol. The fourth-order valence-corrected chi connectivity index (χ4v) is 2.58. The number of imidazole rings is 1. The van der Waals surface area contributed by atoms with E-state index in [0.29, 0.717) is 0 Å². The number of hydrogen-bond acceptors (Lipinski definition) is 9. The molecule has 11 nitrogen and oxygen atoms in total. The Kier molecular flexibility index (Phi) is 4.08. The second kappa shape index (κ2) is 5.88. The minimum atomic E-state index is -1.28. The number of nitrogens with two attached hydrogens (primary N) is 1. The first-order chi connectivity index (χ1) is 10.5. The number of nitrogen functional groups attached to an aromatic ring is 1. The Labute approximate surface area is 124 Å². The highest BCUT2D eigenvalue weighted by Gasteiger charge is 2.44. The number of aliphatic hydroxyl groups excluding tert-OH is 2. The van der Waals surface area contributed by atoms with Gasteiger partial charge in [0.2, 0.25) is 5.95 Å². The topological polar surface area (TPSA) is 169 Å². The smallest absolute Gasteiger partial charge is 0.280 e. The third-order valence-electron chi connectivity index (χ3n) is 3.37. The van der Waals surface area contributed by atoms with Gasteiger partial charge in [0.25, 0.3) is 5.56 Å². The number of hydrogen-bond donors (Lipinski definition) is 5. The number of aromatic amines is 1. The first kappa shape index (κ1) is 15.3. The van der Waals surface area contributed by atoms with E-state index < -0.39 is 39.1 Å². The monoisotopic (exact) mass is 331 g/mol. The number of ether oxygens (including phenoxy) is 1. The van der Waals surface area contributed by atoms with Crippen molar-refractivity contribution in [1.29, 1.82) is 0 Å². The number of rotatable bonds is 4. The van der Waals surface area contributed by atoms with Crippen molar-refractivity contribution in [3.63, 3.8) is 0 Å². The fourth-order valence-electron chi connectivity index (χ4n) is 2.35. The predicted octanol–water partition coefficient (Wildman–Crippen LogP) is -2.16. The summed E-state index contributed by atoms with van der Waals surface area (Å²) in [6.07, 6.45) is -3.08. The first-order valence-corrected chi connectivity index (χ1v) is 7.13. The van der Waals surface area contributed by atoms with Gasteiger partial charge in [-0.3, -0.25) is 14.3 Å². The molecule has 0 saturated carbocycles. The second-order valence-electron chi connectivity index (χ2n) is 4.72. The molecule has 5 atom stereocenters. The van der Waals surface area contributed by atoms with Crippen LogP contribution in [0.2, 0.25) is 0 Å². The van der Waals surface area contributed by atoms with Crippen LogP contribution in [0.15, 0.2) is 11.1 Å². The van der Waals surface area contributed by atoms with Gasteiger partial charge in [-0.05, 0) is 0 Å². The lowest BCUT2D eigenvalue weighted by molar-refractivity contribution is -0.0466. The van der Waals surface area contributed by atoms with Crippen LogP contribution in [-0.2, 0) is 9.26 Å². The molecule has 22 heavy (non-hydrogen) atoms. The van der Waals surface area contributed by atoms with Gasteiger partial charge in [0.1, 0.15) is 18.3 Å². The van der Waals surface area contributed by atoms with Gasteiger partial charge in [-0.15, -0.1) is 0 Å². The van der Waals surface area contributed by atoms with Gasteiger partial charge in [0.15, 0.2) is 26.4 Å². The van der Waals surface area contributed by atoms with Crippen LogP contribution in [0, 0.1) is 0 Å². The molecule has 0 radical (unpaired) electrons. The summed E-state index contributed by atoms with van der Waals surface area (Å²) in [6, 6.07) is 0. The average Bonchev–Trinajstić information content (AvgIpc) is 3.00. The Hall–Kier alpha value is -1.62. The van der Waals surface area contributed by atoms with Crippen molar-refractivity contribution in [2.75, 3.05) is 12.3 Å². The lowest BCUT2D eigenvalue weighted by atomic mass is 10.1. The molecule has 12 heteroatoms. The van der Waals surface area contributed by atoms with E-state index >= 15 is 0 Å². The summed E-state index contributed by atoms with van der Waals surface area (Å²) < 4.78 is 11.6. The summed E-state index contributed by atoms with van der Waals surface area (Å²) in [7, 11) is -0.754. The fraction of sp³-hybridized carbons (Fsp3) is 0.500. The van der Waals surface area contributed by atoms with E-state index in [1.807, 2.05) is 0 Å². The van der Waals surface area contributed by atoms with Crippen molar-refractivity contribution < 1.29 is 24.4 Å². The highest BCUT2D eigenvalue weighted by molar-refractivity contribution is 7.24. The number of fused-ring (bicyclic) bond motifs is 1. The van der Waals surface area contributed by atoms with Gasteiger partial charge in [-0.2, -0.15) is 4.98 Å². The van der Waals surface area contributed by atoms with Crippen LogP contribution in [0.25, 0.3) is 11.2 Å². The van der Waals surface area contributed by atoms with Crippen molar-refractivity contribution in [2.45, 2.75) is 24.5 Å². The number of anilines is 1.